The Morgan fingerprint density at radius 2 is 2.08 bits per heavy atom. The van der Waals surface area contributed by atoms with Gasteiger partial charge in [-0.1, -0.05) is 6.92 Å². The van der Waals surface area contributed by atoms with Gasteiger partial charge in [-0.2, -0.15) is 0 Å². The van der Waals surface area contributed by atoms with Gasteiger partial charge in [0.1, 0.15) is 0 Å². The van der Waals surface area contributed by atoms with E-state index in [0.29, 0.717) is 6.54 Å². The van der Waals surface area contributed by atoms with Crippen molar-refractivity contribution in [3.8, 4) is 0 Å². The maximum Gasteiger partial charge on any atom is 0.0728 e. The molecule has 12 heavy (non-hydrogen) atoms. The third-order valence-corrected chi connectivity index (χ3v) is 2.05. The molecule has 3 nitrogen and oxygen atoms in total. The van der Waals surface area contributed by atoms with Gasteiger partial charge in [0.15, 0.2) is 0 Å². The van der Waals surface area contributed by atoms with Crippen LogP contribution in [0.4, 0.5) is 0 Å². The number of aliphatic hydroxyl groups excluding tert-OH is 1. The molecule has 1 aromatic heterocycles. The highest BCUT2D eigenvalue weighted by Crippen LogP contribution is 2.16. The Labute approximate surface area is 72.2 Å². The number of rotatable bonds is 3. The first-order chi connectivity index (χ1) is 5.75. The van der Waals surface area contributed by atoms with Gasteiger partial charge in [-0.25, -0.2) is 0 Å². The fourth-order valence-corrected chi connectivity index (χ4v) is 1.09. The van der Waals surface area contributed by atoms with Crippen LogP contribution >= 0.6 is 0 Å². The van der Waals surface area contributed by atoms with E-state index in [0.717, 1.165) is 5.56 Å². The number of nitrogens with two attached hydrogens (primary N) is 1. The molecule has 0 aliphatic rings. The van der Waals surface area contributed by atoms with Gasteiger partial charge in [-0.3, -0.25) is 4.98 Å². The van der Waals surface area contributed by atoms with Gasteiger partial charge in [0.2, 0.25) is 0 Å². The van der Waals surface area contributed by atoms with E-state index in [4.69, 9.17) is 5.73 Å². The zero-order valence-corrected chi connectivity index (χ0v) is 7.14. The topological polar surface area (TPSA) is 59.1 Å². The van der Waals surface area contributed by atoms with E-state index in [2.05, 4.69) is 4.98 Å². The Kier molecular flexibility index (Phi) is 3.19. The van der Waals surface area contributed by atoms with Crippen LogP contribution in [0.25, 0.3) is 0 Å². The van der Waals surface area contributed by atoms with Crippen LogP contribution in [0, 0.1) is 0 Å². The van der Waals surface area contributed by atoms with Gasteiger partial charge in [-0.15, -0.1) is 0 Å². The van der Waals surface area contributed by atoms with Crippen LogP contribution < -0.4 is 5.73 Å². The summed E-state index contributed by atoms with van der Waals surface area (Å²) in [5.41, 5.74) is 6.42. The molecule has 1 rings (SSSR count). The maximum atomic E-state index is 9.43. The van der Waals surface area contributed by atoms with Crippen LogP contribution in [-0.4, -0.2) is 22.7 Å². The number of hydrogen-bond acceptors (Lipinski definition) is 3. The molecule has 0 spiro atoms. The summed E-state index contributed by atoms with van der Waals surface area (Å²) in [6.07, 6.45) is 2.97. The molecule has 3 N–H and O–H groups in total. The molecule has 0 saturated heterocycles. The fourth-order valence-electron chi connectivity index (χ4n) is 1.09. The van der Waals surface area contributed by atoms with Crippen molar-refractivity contribution in [3.63, 3.8) is 0 Å². The monoisotopic (exact) mass is 166 g/mol. The summed E-state index contributed by atoms with van der Waals surface area (Å²) in [5.74, 6) is 0.0815. The van der Waals surface area contributed by atoms with Gasteiger partial charge in [-0.05, 0) is 17.7 Å². The first-order valence-corrected chi connectivity index (χ1v) is 4.03. The van der Waals surface area contributed by atoms with E-state index >= 15 is 0 Å². The van der Waals surface area contributed by atoms with Crippen molar-refractivity contribution in [2.75, 3.05) is 6.54 Å². The normalized spacial score (nSPS) is 15.6. The molecule has 0 saturated carbocycles. The van der Waals surface area contributed by atoms with Crippen molar-refractivity contribution < 1.29 is 5.11 Å². The highest BCUT2D eigenvalue weighted by molar-refractivity contribution is 5.16. The van der Waals surface area contributed by atoms with Gasteiger partial charge in [0, 0.05) is 24.9 Å². The molecule has 1 aromatic rings. The average molecular weight is 166 g/mol. The van der Waals surface area contributed by atoms with Crippen molar-refractivity contribution in [3.05, 3.63) is 30.1 Å². The summed E-state index contributed by atoms with van der Waals surface area (Å²) in [6, 6.07) is 3.78. The lowest BCUT2D eigenvalue weighted by Gasteiger charge is -2.16. The number of nitrogens with zero attached hydrogens (tertiary/aromatic N) is 1. The molecule has 2 unspecified atom stereocenters. The largest absolute Gasteiger partial charge is 0.391 e. The van der Waals surface area contributed by atoms with E-state index in [-0.39, 0.29) is 5.92 Å². The van der Waals surface area contributed by atoms with Crippen LogP contribution in [0.2, 0.25) is 0 Å². The van der Waals surface area contributed by atoms with Crippen LogP contribution in [0.15, 0.2) is 24.5 Å². The predicted molar refractivity (Wildman–Crippen MR) is 47.7 cm³/mol. The van der Waals surface area contributed by atoms with Crippen molar-refractivity contribution in [1.82, 2.24) is 4.98 Å². The molecule has 66 valence electrons. The molecule has 0 aliphatic carbocycles. The highest BCUT2D eigenvalue weighted by atomic mass is 16.3. The molecule has 2 atom stereocenters. The minimum absolute atomic E-state index is 0.0815. The van der Waals surface area contributed by atoms with Crippen LogP contribution in [0.3, 0.4) is 0 Å². The van der Waals surface area contributed by atoms with Crippen LogP contribution in [0.5, 0.6) is 0 Å². The molecule has 0 bridgehead atoms. The SMILES string of the molecule is CC(c1ccncc1)C(O)CN. The van der Waals surface area contributed by atoms with Crippen LogP contribution in [0.1, 0.15) is 18.4 Å². The first kappa shape index (κ1) is 9.16. The molecular weight excluding hydrogens is 152 g/mol. The van der Waals surface area contributed by atoms with Gasteiger partial charge < -0.3 is 10.8 Å². The van der Waals surface area contributed by atoms with Gasteiger partial charge in [0.25, 0.3) is 0 Å². The number of aliphatic hydroxyl groups is 1. The standard InChI is InChI=1S/C9H14N2O/c1-7(9(12)6-10)8-2-4-11-5-3-8/h2-5,7,9,12H,6,10H2,1H3. The lowest BCUT2D eigenvalue weighted by Crippen LogP contribution is -2.25. The Hall–Kier alpha value is -0.930. The number of hydrogen-bond donors (Lipinski definition) is 2. The molecule has 0 fully saturated rings. The van der Waals surface area contributed by atoms with E-state index in [1.165, 1.54) is 0 Å². The van der Waals surface area contributed by atoms with E-state index in [9.17, 15) is 5.11 Å². The van der Waals surface area contributed by atoms with Crippen molar-refractivity contribution in [2.45, 2.75) is 18.9 Å². The van der Waals surface area contributed by atoms with Crippen molar-refractivity contribution in [1.29, 1.82) is 0 Å². The Morgan fingerprint density at radius 3 is 2.58 bits per heavy atom. The lowest BCUT2D eigenvalue weighted by atomic mass is 9.97. The number of pyridine rings is 1. The molecule has 1 heterocycles. The third-order valence-electron chi connectivity index (χ3n) is 2.05. The minimum Gasteiger partial charge on any atom is -0.391 e. The highest BCUT2D eigenvalue weighted by Gasteiger charge is 2.13. The second-order valence-electron chi connectivity index (χ2n) is 2.87. The Bertz CT molecular complexity index is 225. The van der Waals surface area contributed by atoms with Gasteiger partial charge in [0.05, 0.1) is 6.10 Å². The molecule has 0 aromatic carbocycles. The molecule has 3 heteroatoms. The Morgan fingerprint density at radius 1 is 1.50 bits per heavy atom. The Balaban J connectivity index is 2.71. The molecule has 0 radical (unpaired) electrons. The summed E-state index contributed by atoms with van der Waals surface area (Å²) in [5, 5.41) is 9.43. The summed E-state index contributed by atoms with van der Waals surface area (Å²) in [4.78, 5) is 3.90. The third kappa shape index (κ3) is 2.03. The zero-order valence-electron chi connectivity index (χ0n) is 7.14. The maximum absolute atomic E-state index is 9.43. The molecule has 0 amide bonds. The molecular formula is C9H14N2O. The smallest absolute Gasteiger partial charge is 0.0728 e. The summed E-state index contributed by atoms with van der Waals surface area (Å²) in [7, 11) is 0. The van der Waals surface area contributed by atoms with Crippen LogP contribution in [-0.2, 0) is 0 Å². The van der Waals surface area contributed by atoms with Gasteiger partial charge >= 0.3 is 0 Å². The second kappa shape index (κ2) is 4.18. The van der Waals surface area contributed by atoms with E-state index in [1.54, 1.807) is 12.4 Å². The summed E-state index contributed by atoms with van der Waals surface area (Å²) >= 11 is 0. The predicted octanol–water partition coefficient (Wildman–Crippen LogP) is 0.505. The zero-order chi connectivity index (χ0) is 8.97. The van der Waals surface area contributed by atoms with E-state index in [1.807, 2.05) is 19.1 Å². The van der Waals surface area contributed by atoms with E-state index < -0.39 is 6.10 Å². The lowest BCUT2D eigenvalue weighted by molar-refractivity contribution is 0.157. The van der Waals surface area contributed by atoms with Crippen molar-refractivity contribution in [2.24, 2.45) is 5.73 Å². The second-order valence-corrected chi connectivity index (χ2v) is 2.87. The first-order valence-electron chi connectivity index (χ1n) is 4.03. The average Bonchev–Trinajstić information content (AvgIpc) is 2.17. The molecule has 0 aliphatic heterocycles. The minimum atomic E-state index is -0.465. The summed E-state index contributed by atoms with van der Waals surface area (Å²) in [6.45, 7) is 2.25. The quantitative estimate of drug-likeness (QED) is 0.687. The number of aromatic nitrogens is 1. The van der Waals surface area contributed by atoms with Crippen molar-refractivity contribution >= 4 is 0 Å². The fraction of sp³-hybridized carbons (Fsp3) is 0.444. The summed E-state index contributed by atoms with van der Waals surface area (Å²) < 4.78 is 0.